The summed E-state index contributed by atoms with van der Waals surface area (Å²) in [5, 5.41) is 10.6. The maximum absolute atomic E-state index is 12.6. The summed E-state index contributed by atoms with van der Waals surface area (Å²) in [7, 11) is 1.28. The molecule has 2 N–H and O–H groups in total. The van der Waals surface area contributed by atoms with Crippen LogP contribution in [0.15, 0.2) is 48.5 Å². The van der Waals surface area contributed by atoms with Gasteiger partial charge in [0, 0.05) is 5.69 Å². The Bertz CT molecular complexity index is 944. The Morgan fingerprint density at radius 1 is 1.14 bits per heavy atom. The van der Waals surface area contributed by atoms with Gasteiger partial charge in [-0.2, -0.15) is 0 Å². The number of nitrogens with one attached hydrogen (secondary N) is 1. The third-order valence-corrected chi connectivity index (χ3v) is 5.02. The minimum absolute atomic E-state index is 0.0334. The number of nitrogens with zero attached hydrogens (tertiary/aromatic N) is 1. The molecule has 0 unspecified atom stereocenters. The van der Waals surface area contributed by atoms with Gasteiger partial charge in [-0.1, -0.05) is 12.1 Å². The average molecular weight is 400 g/mol. The molecular formula is C19H16N2O6S. The lowest BCUT2D eigenvalue weighted by Crippen LogP contribution is -2.34. The van der Waals surface area contributed by atoms with Crippen LogP contribution in [0, 0.1) is 0 Å². The van der Waals surface area contributed by atoms with Crippen molar-refractivity contribution in [2.45, 2.75) is 11.9 Å². The lowest BCUT2D eigenvalue weighted by molar-refractivity contribution is -0.126. The lowest BCUT2D eigenvalue weighted by Gasteiger charge is -2.15. The Morgan fingerprint density at radius 2 is 1.86 bits per heavy atom. The first-order chi connectivity index (χ1) is 13.4. The van der Waals surface area contributed by atoms with Crippen LogP contribution in [-0.2, 0) is 16.1 Å². The predicted octanol–water partition coefficient (Wildman–Crippen LogP) is 2.81. The molecule has 0 radical (unpaired) electrons. The number of amides is 2. The van der Waals surface area contributed by atoms with Crippen molar-refractivity contribution < 1.29 is 29.0 Å². The molecule has 2 aromatic carbocycles. The molecule has 2 amide bonds. The molecule has 3 rings (SSSR count). The topological polar surface area (TPSA) is 113 Å². The van der Waals surface area contributed by atoms with Crippen LogP contribution in [0.4, 0.5) is 10.5 Å². The van der Waals surface area contributed by atoms with Crippen molar-refractivity contribution >= 4 is 40.5 Å². The van der Waals surface area contributed by atoms with E-state index in [2.05, 4.69) is 10.1 Å². The van der Waals surface area contributed by atoms with Crippen LogP contribution < -0.4 is 5.32 Å². The predicted molar refractivity (Wildman–Crippen MR) is 102 cm³/mol. The second-order valence-electron chi connectivity index (χ2n) is 5.91. The van der Waals surface area contributed by atoms with Crippen LogP contribution in [-0.4, -0.2) is 45.6 Å². The van der Waals surface area contributed by atoms with Crippen molar-refractivity contribution in [2.75, 3.05) is 12.4 Å². The number of carbonyl (C=O) groups excluding carboxylic acids is 3. The van der Waals surface area contributed by atoms with E-state index >= 15 is 0 Å². The van der Waals surface area contributed by atoms with E-state index in [-0.39, 0.29) is 12.1 Å². The summed E-state index contributed by atoms with van der Waals surface area (Å²) in [4.78, 5) is 48.5. The van der Waals surface area contributed by atoms with Crippen molar-refractivity contribution in [3.8, 4) is 0 Å². The Hall–Kier alpha value is -3.33. The van der Waals surface area contributed by atoms with Crippen molar-refractivity contribution in [1.82, 2.24) is 4.90 Å². The second kappa shape index (κ2) is 8.13. The van der Waals surface area contributed by atoms with Gasteiger partial charge in [-0.05, 0) is 53.7 Å². The third kappa shape index (κ3) is 4.15. The van der Waals surface area contributed by atoms with Gasteiger partial charge in [-0.15, -0.1) is 0 Å². The summed E-state index contributed by atoms with van der Waals surface area (Å²) in [5.41, 5.74) is 1.61. The molecule has 9 heteroatoms. The number of hydrogen-bond donors (Lipinski definition) is 2. The van der Waals surface area contributed by atoms with Gasteiger partial charge in [0.2, 0.25) is 0 Å². The molecule has 8 nitrogen and oxygen atoms in total. The second-order valence-corrected chi connectivity index (χ2v) is 6.96. The number of ether oxygens (including phenoxy) is 1. The number of anilines is 1. The van der Waals surface area contributed by atoms with Gasteiger partial charge in [0.25, 0.3) is 11.1 Å². The highest BCUT2D eigenvalue weighted by molar-refractivity contribution is 8.15. The summed E-state index contributed by atoms with van der Waals surface area (Å²) in [6.45, 7) is 0.0334. The molecule has 1 aliphatic rings. The smallest absolute Gasteiger partial charge is 0.337 e. The Labute approximate surface area is 164 Å². The number of hydrogen-bond acceptors (Lipinski definition) is 7. The first kappa shape index (κ1) is 19.4. The fourth-order valence-electron chi connectivity index (χ4n) is 2.64. The number of esters is 1. The number of rotatable bonds is 6. The van der Waals surface area contributed by atoms with E-state index < -0.39 is 28.5 Å². The average Bonchev–Trinajstić information content (AvgIpc) is 2.95. The molecule has 0 aliphatic carbocycles. The zero-order valence-electron chi connectivity index (χ0n) is 14.7. The number of thioether (sulfide) groups is 1. The molecule has 0 bridgehead atoms. The van der Waals surface area contributed by atoms with Gasteiger partial charge in [0.15, 0.2) is 5.37 Å². The maximum atomic E-state index is 12.6. The molecule has 0 aromatic heterocycles. The molecule has 1 saturated heterocycles. The fraction of sp³-hybridized carbons (Fsp3) is 0.158. The molecule has 0 saturated carbocycles. The lowest BCUT2D eigenvalue weighted by atomic mass is 10.1. The number of aromatic carboxylic acids is 1. The number of carbonyl (C=O) groups is 4. The first-order valence-electron chi connectivity index (χ1n) is 8.18. The summed E-state index contributed by atoms with van der Waals surface area (Å²) >= 11 is 0.840. The molecule has 0 spiro atoms. The quantitative estimate of drug-likeness (QED) is 0.712. The Balaban J connectivity index is 1.70. The van der Waals surface area contributed by atoms with E-state index in [1.165, 1.54) is 31.4 Å². The molecule has 1 atom stereocenters. The molecule has 144 valence electrons. The molecule has 1 heterocycles. The van der Waals surface area contributed by atoms with Crippen molar-refractivity contribution in [2.24, 2.45) is 0 Å². The van der Waals surface area contributed by atoms with E-state index in [1.807, 2.05) is 0 Å². The maximum Gasteiger partial charge on any atom is 0.337 e. The van der Waals surface area contributed by atoms with E-state index in [9.17, 15) is 19.2 Å². The number of carboxylic acids is 1. The van der Waals surface area contributed by atoms with Crippen LogP contribution >= 0.6 is 11.8 Å². The SMILES string of the molecule is COC(=O)c1cccc(CN2C(=O)S[C@@H](Nc3ccc(C(=O)O)cc3)C2=O)c1. The highest BCUT2D eigenvalue weighted by atomic mass is 32.2. The summed E-state index contributed by atoms with van der Waals surface area (Å²) < 4.78 is 4.67. The standard InChI is InChI=1S/C19H16N2O6S/c1-27-18(25)13-4-2-3-11(9-13)10-21-16(22)15(28-19(21)26)20-14-7-5-12(6-8-14)17(23)24/h2-9,15,20H,10H2,1H3,(H,23,24)/t15-/m1/s1. The summed E-state index contributed by atoms with van der Waals surface area (Å²) in [5.74, 6) is -1.96. The summed E-state index contributed by atoms with van der Waals surface area (Å²) in [6.07, 6.45) is 0. The molecule has 1 aliphatic heterocycles. The number of benzene rings is 2. The van der Waals surface area contributed by atoms with Crippen LogP contribution in [0.5, 0.6) is 0 Å². The van der Waals surface area contributed by atoms with Crippen LogP contribution in [0.2, 0.25) is 0 Å². The molecule has 28 heavy (non-hydrogen) atoms. The van der Waals surface area contributed by atoms with Crippen LogP contribution in [0.25, 0.3) is 0 Å². The van der Waals surface area contributed by atoms with Crippen LogP contribution in [0.1, 0.15) is 26.3 Å². The van der Waals surface area contributed by atoms with Crippen molar-refractivity contribution in [3.63, 3.8) is 0 Å². The van der Waals surface area contributed by atoms with Gasteiger partial charge in [0.05, 0.1) is 24.8 Å². The zero-order chi connectivity index (χ0) is 20.3. The number of imide groups is 1. The van der Waals surface area contributed by atoms with E-state index in [4.69, 9.17) is 5.11 Å². The number of carboxylic acid groups (broad SMARTS) is 1. The van der Waals surface area contributed by atoms with E-state index in [0.29, 0.717) is 16.8 Å². The molecule has 1 fully saturated rings. The first-order valence-corrected chi connectivity index (χ1v) is 9.06. The van der Waals surface area contributed by atoms with Gasteiger partial charge in [-0.25, -0.2) is 9.59 Å². The van der Waals surface area contributed by atoms with Crippen molar-refractivity contribution in [3.05, 3.63) is 65.2 Å². The number of methoxy groups -OCH3 is 1. The van der Waals surface area contributed by atoms with Gasteiger partial charge >= 0.3 is 11.9 Å². The minimum atomic E-state index is -1.05. The highest BCUT2D eigenvalue weighted by Crippen LogP contribution is 2.29. The highest BCUT2D eigenvalue weighted by Gasteiger charge is 2.39. The molecular weight excluding hydrogens is 384 g/mol. The Kier molecular flexibility index (Phi) is 5.65. The third-order valence-electron chi connectivity index (χ3n) is 4.05. The van der Waals surface area contributed by atoms with E-state index in [0.717, 1.165) is 16.7 Å². The zero-order valence-corrected chi connectivity index (χ0v) is 15.6. The van der Waals surface area contributed by atoms with E-state index in [1.54, 1.807) is 24.3 Å². The summed E-state index contributed by atoms with van der Waals surface area (Å²) in [6, 6.07) is 12.4. The van der Waals surface area contributed by atoms with Crippen LogP contribution in [0.3, 0.4) is 0 Å². The largest absolute Gasteiger partial charge is 0.478 e. The van der Waals surface area contributed by atoms with Gasteiger partial charge < -0.3 is 15.2 Å². The minimum Gasteiger partial charge on any atom is -0.478 e. The van der Waals surface area contributed by atoms with Gasteiger partial charge in [0.1, 0.15) is 0 Å². The molecule has 2 aromatic rings. The monoisotopic (exact) mass is 400 g/mol. The Morgan fingerprint density at radius 3 is 2.50 bits per heavy atom. The van der Waals surface area contributed by atoms with Gasteiger partial charge in [-0.3, -0.25) is 14.5 Å². The fourth-order valence-corrected chi connectivity index (χ4v) is 3.54. The van der Waals surface area contributed by atoms with Crippen molar-refractivity contribution in [1.29, 1.82) is 0 Å². The normalized spacial score (nSPS) is 16.2.